The van der Waals surface area contributed by atoms with E-state index in [0.29, 0.717) is 24.3 Å². The zero-order chi connectivity index (χ0) is 14.2. The Balaban J connectivity index is 2.21. The third kappa shape index (κ3) is 2.53. The third-order valence-electron chi connectivity index (χ3n) is 3.77. The van der Waals surface area contributed by atoms with Crippen LogP contribution in [0.5, 0.6) is 0 Å². The lowest BCUT2D eigenvalue weighted by Crippen LogP contribution is -2.36. The first kappa shape index (κ1) is 14.1. The lowest BCUT2D eigenvalue weighted by Gasteiger charge is -2.28. The maximum atomic E-state index is 12.4. The van der Waals surface area contributed by atoms with E-state index in [4.69, 9.17) is 9.47 Å². The Kier molecular flexibility index (Phi) is 3.70. The molecule has 0 radical (unpaired) electrons. The predicted molar refractivity (Wildman–Crippen MR) is 70.3 cm³/mol. The maximum absolute atomic E-state index is 12.4. The fraction of sp³-hybridized carbons (Fsp3) is 0.733. The number of allylic oxidation sites excluding steroid dienone is 1. The molecule has 2 aliphatic carbocycles. The van der Waals surface area contributed by atoms with Crippen molar-refractivity contribution >= 4 is 11.9 Å². The molecule has 0 aliphatic heterocycles. The summed E-state index contributed by atoms with van der Waals surface area (Å²) in [6, 6.07) is 0. The SMILES string of the molecule is CC(C)OC(=O)C1=CC2CCC1(C(=O)OC(C)C)C2. The highest BCUT2D eigenvalue weighted by molar-refractivity contribution is 5.99. The number of carbonyl (C=O) groups is 2. The quantitative estimate of drug-likeness (QED) is 0.734. The zero-order valence-electron chi connectivity index (χ0n) is 12.1. The molecule has 4 nitrogen and oxygen atoms in total. The minimum Gasteiger partial charge on any atom is -0.462 e. The Morgan fingerprint density at radius 1 is 1.21 bits per heavy atom. The van der Waals surface area contributed by atoms with Gasteiger partial charge in [0, 0.05) is 0 Å². The summed E-state index contributed by atoms with van der Waals surface area (Å²) < 4.78 is 10.6. The van der Waals surface area contributed by atoms with E-state index < -0.39 is 5.41 Å². The number of rotatable bonds is 4. The van der Waals surface area contributed by atoms with Crippen LogP contribution in [0.2, 0.25) is 0 Å². The highest BCUT2D eigenvalue weighted by atomic mass is 16.6. The third-order valence-corrected chi connectivity index (χ3v) is 3.77. The van der Waals surface area contributed by atoms with Gasteiger partial charge in [-0.1, -0.05) is 6.08 Å². The number of esters is 2. The Labute approximate surface area is 114 Å². The highest BCUT2D eigenvalue weighted by Gasteiger charge is 2.56. The molecule has 0 aromatic carbocycles. The molecule has 106 valence electrons. The van der Waals surface area contributed by atoms with Gasteiger partial charge in [-0.05, 0) is 52.9 Å². The minimum absolute atomic E-state index is 0.163. The summed E-state index contributed by atoms with van der Waals surface area (Å²) >= 11 is 0. The first-order valence-corrected chi connectivity index (χ1v) is 6.99. The van der Waals surface area contributed by atoms with Gasteiger partial charge in [0.2, 0.25) is 0 Å². The van der Waals surface area contributed by atoms with Crippen LogP contribution in [0.3, 0.4) is 0 Å². The lowest BCUT2D eigenvalue weighted by atomic mass is 9.80. The van der Waals surface area contributed by atoms with Gasteiger partial charge in [-0.2, -0.15) is 0 Å². The van der Waals surface area contributed by atoms with Crippen LogP contribution in [0.25, 0.3) is 0 Å². The minimum atomic E-state index is -0.749. The molecule has 0 saturated heterocycles. The van der Waals surface area contributed by atoms with Gasteiger partial charge < -0.3 is 9.47 Å². The van der Waals surface area contributed by atoms with Crippen molar-refractivity contribution in [2.24, 2.45) is 11.3 Å². The molecule has 2 atom stereocenters. The normalized spacial score (nSPS) is 28.7. The van der Waals surface area contributed by atoms with Gasteiger partial charge in [-0.25, -0.2) is 4.79 Å². The van der Waals surface area contributed by atoms with E-state index in [0.717, 1.165) is 6.42 Å². The number of fused-ring (bicyclic) bond motifs is 2. The Bertz CT molecular complexity index is 422. The molecule has 4 heteroatoms. The van der Waals surface area contributed by atoms with Crippen LogP contribution in [0.1, 0.15) is 47.0 Å². The van der Waals surface area contributed by atoms with Crippen LogP contribution in [0.4, 0.5) is 0 Å². The van der Waals surface area contributed by atoms with Crippen molar-refractivity contribution < 1.29 is 19.1 Å². The van der Waals surface area contributed by atoms with Crippen LogP contribution < -0.4 is 0 Å². The van der Waals surface area contributed by atoms with Crippen molar-refractivity contribution in [2.45, 2.75) is 59.2 Å². The van der Waals surface area contributed by atoms with E-state index in [1.165, 1.54) is 0 Å². The predicted octanol–water partition coefficient (Wildman–Crippen LogP) is 2.62. The van der Waals surface area contributed by atoms with E-state index in [-0.39, 0.29) is 24.1 Å². The number of hydrogen-bond donors (Lipinski definition) is 0. The van der Waals surface area contributed by atoms with Gasteiger partial charge >= 0.3 is 11.9 Å². The Morgan fingerprint density at radius 2 is 1.84 bits per heavy atom. The van der Waals surface area contributed by atoms with Crippen LogP contribution in [-0.4, -0.2) is 24.1 Å². The Hall–Kier alpha value is -1.32. The van der Waals surface area contributed by atoms with Crippen molar-refractivity contribution in [1.29, 1.82) is 0 Å². The molecule has 19 heavy (non-hydrogen) atoms. The summed E-state index contributed by atoms with van der Waals surface area (Å²) in [4.78, 5) is 24.5. The molecular weight excluding hydrogens is 244 g/mol. The van der Waals surface area contributed by atoms with Crippen LogP contribution in [0.15, 0.2) is 11.6 Å². The van der Waals surface area contributed by atoms with Gasteiger partial charge in [0.05, 0.1) is 17.8 Å². The Morgan fingerprint density at radius 3 is 2.37 bits per heavy atom. The average molecular weight is 266 g/mol. The molecule has 0 N–H and O–H groups in total. The van der Waals surface area contributed by atoms with Gasteiger partial charge in [0.1, 0.15) is 5.41 Å². The highest BCUT2D eigenvalue weighted by Crippen LogP contribution is 2.55. The fourth-order valence-electron chi connectivity index (χ4n) is 3.03. The molecular formula is C15H22O4. The molecule has 0 spiro atoms. The topological polar surface area (TPSA) is 52.6 Å². The summed E-state index contributed by atoms with van der Waals surface area (Å²) in [6.45, 7) is 7.27. The molecule has 0 aromatic heterocycles. The van der Waals surface area contributed by atoms with Gasteiger partial charge in [0.15, 0.2) is 0 Å². The van der Waals surface area contributed by atoms with E-state index in [1.807, 2.05) is 33.8 Å². The molecule has 1 saturated carbocycles. The molecule has 2 rings (SSSR count). The van der Waals surface area contributed by atoms with Crippen LogP contribution in [-0.2, 0) is 19.1 Å². The van der Waals surface area contributed by atoms with Crippen LogP contribution >= 0.6 is 0 Å². The zero-order valence-corrected chi connectivity index (χ0v) is 12.1. The fourth-order valence-corrected chi connectivity index (χ4v) is 3.03. The molecule has 2 aliphatic rings. The van der Waals surface area contributed by atoms with Crippen molar-refractivity contribution in [2.75, 3.05) is 0 Å². The second-order valence-electron chi connectivity index (χ2n) is 6.07. The lowest BCUT2D eigenvalue weighted by molar-refractivity contribution is -0.160. The van der Waals surface area contributed by atoms with Crippen molar-refractivity contribution in [3.63, 3.8) is 0 Å². The largest absolute Gasteiger partial charge is 0.462 e. The molecule has 0 aromatic rings. The van der Waals surface area contributed by atoms with E-state index >= 15 is 0 Å². The average Bonchev–Trinajstić information content (AvgIpc) is 2.85. The standard InChI is InChI=1S/C15H22O4/c1-9(2)18-13(16)12-7-11-5-6-15(12,8-11)14(17)19-10(3)4/h7,9-11H,5-6,8H2,1-4H3. The van der Waals surface area contributed by atoms with Gasteiger partial charge in [-0.15, -0.1) is 0 Å². The van der Waals surface area contributed by atoms with Gasteiger partial charge in [0.25, 0.3) is 0 Å². The summed E-state index contributed by atoms with van der Waals surface area (Å²) in [7, 11) is 0. The van der Waals surface area contributed by atoms with Crippen molar-refractivity contribution in [3.05, 3.63) is 11.6 Å². The summed E-state index contributed by atoms with van der Waals surface area (Å²) in [5, 5.41) is 0. The molecule has 1 fully saturated rings. The maximum Gasteiger partial charge on any atom is 0.335 e. The summed E-state index contributed by atoms with van der Waals surface area (Å²) in [5.41, 5.74) is -0.232. The van der Waals surface area contributed by atoms with E-state index in [2.05, 4.69) is 0 Å². The second kappa shape index (κ2) is 4.99. The van der Waals surface area contributed by atoms with E-state index in [1.54, 1.807) is 0 Å². The number of hydrogen-bond acceptors (Lipinski definition) is 4. The smallest absolute Gasteiger partial charge is 0.335 e. The summed E-state index contributed by atoms with van der Waals surface area (Å²) in [5.74, 6) is -0.318. The first-order valence-electron chi connectivity index (χ1n) is 6.99. The first-order chi connectivity index (χ1) is 8.85. The second-order valence-corrected chi connectivity index (χ2v) is 6.07. The van der Waals surface area contributed by atoms with Crippen molar-refractivity contribution in [3.8, 4) is 0 Å². The number of carbonyl (C=O) groups excluding carboxylic acids is 2. The van der Waals surface area contributed by atoms with Gasteiger partial charge in [-0.3, -0.25) is 4.79 Å². The van der Waals surface area contributed by atoms with E-state index in [9.17, 15) is 9.59 Å². The molecule has 2 bridgehead atoms. The monoisotopic (exact) mass is 266 g/mol. The molecule has 0 amide bonds. The van der Waals surface area contributed by atoms with Crippen LogP contribution in [0, 0.1) is 11.3 Å². The number of ether oxygens (including phenoxy) is 2. The summed E-state index contributed by atoms with van der Waals surface area (Å²) in [6.07, 6.45) is 3.92. The molecule has 2 unspecified atom stereocenters. The molecule has 0 heterocycles. The van der Waals surface area contributed by atoms with Crippen molar-refractivity contribution in [1.82, 2.24) is 0 Å².